The minimum atomic E-state index is -5.14. The fourth-order valence-electron chi connectivity index (χ4n) is 6.64. The molecule has 2 aliphatic rings. The van der Waals surface area contributed by atoms with Crippen LogP contribution in [-0.2, 0) is 32.0 Å². The molecule has 0 aliphatic heterocycles. The van der Waals surface area contributed by atoms with Crippen molar-refractivity contribution in [3.8, 4) is 5.75 Å². The zero-order valence-electron chi connectivity index (χ0n) is 28.8. The molecule has 14 heteroatoms. The lowest BCUT2D eigenvalue weighted by atomic mass is 9.94. The molecule has 5 nitrogen and oxygen atoms in total. The predicted molar refractivity (Wildman–Crippen MR) is 195 cm³/mol. The second-order valence-corrected chi connectivity index (χ2v) is 17.3. The van der Waals surface area contributed by atoms with Crippen LogP contribution in [0.3, 0.4) is 0 Å². The van der Waals surface area contributed by atoms with E-state index < -0.39 is 43.2 Å². The van der Waals surface area contributed by atoms with E-state index in [-0.39, 0.29) is 10.5 Å². The first kappa shape index (κ1) is 40.1. The van der Waals surface area contributed by atoms with E-state index in [0.717, 1.165) is 42.7 Å². The smallest absolute Gasteiger partial charge is 0.417 e. The van der Waals surface area contributed by atoms with Gasteiger partial charge in [-0.05, 0) is 132 Å². The average Bonchev–Trinajstić information content (AvgIpc) is 3.78. The molecule has 0 radical (unpaired) electrons. The summed E-state index contributed by atoms with van der Waals surface area (Å²) in [7, 11) is -4.96. The third kappa shape index (κ3) is 9.36. The van der Waals surface area contributed by atoms with Gasteiger partial charge in [-0.15, -0.1) is 0 Å². The Balaban J connectivity index is 0.000000208. The van der Waals surface area contributed by atoms with Crippen LogP contribution in [0, 0.1) is 0 Å². The van der Waals surface area contributed by atoms with Crippen LogP contribution < -0.4 is 4.74 Å². The normalized spacial score (nSPS) is 15.4. The van der Waals surface area contributed by atoms with E-state index in [1.807, 2.05) is 30.3 Å². The molecule has 0 N–H and O–H groups in total. The third-order valence-electron chi connectivity index (χ3n) is 9.18. The molecule has 0 amide bonds. The van der Waals surface area contributed by atoms with Crippen molar-refractivity contribution in [2.75, 3.05) is 19.6 Å². The van der Waals surface area contributed by atoms with Gasteiger partial charge in [-0.3, -0.25) is 0 Å². The number of hydrogen-bond donors (Lipinski definition) is 0. The Labute approximate surface area is 309 Å². The topological polar surface area (TPSA) is 77.5 Å². The van der Waals surface area contributed by atoms with Crippen molar-refractivity contribution in [3.05, 3.63) is 123 Å². The molecular formula is C39H35ClF6O5S2. The zero-order valence-corrected chi connectivity index (χ0v) is 31.2. The highest BCUT2D eigenvalue weighted by Crippen LogP contribution is 2.45. The van der Waals surface area contributed by atoms with E-state index in [1.54, 1.807) is 31.4 Å². The molecule has 0 heterocycles. The van der Waals surface area contributed by atoms with Crippen LogP contribution in [0.4, 0.5) is 26.3 Å². The lowest BCUT2D eigenvalue weighted by Gasteiger charge is -2.17. The van der Waals surface area contributed by atoms with E-state index in [2.05, 4.69) is 0 Å². The second-order valence-electron chi connectivity index (χ2n) is 12.8. The molecule has 4 aromatic rings. The summed E-state index contributed by atoms with van der Waals surface area (Å²) >= 11 is 6.26. The Morgan fingerprint density at radius 3 is 1.25 bits per heavy atom. The maximum absolute atomic E-state index is 13.2. The Hall–Kier alpha value is -4.07. The third-order valence-corrected chi connectivity index (χ3v) is 11.7. The first-order valence-corrected chi connectivity index (χ1v) is 20.5. The SMILES string of the molecule is COc1ccc(C2=C(c3ccc(S(C)(=O)=O)cc3)CCC2)cc1Cl.CS(=O)(=O)c1ccc(C2=C(c3ccc(C(F)(F)F)c(C(F)(F)F)c3)CCC2)cc1. The summed E-state index contributed by atoms with van der Waals surface area (Å²) < 4.78 is 130. The number of methoxy groups -OCH3 is 1. The van der Waals surface area contributed by atoms with Gasteiger partial charge in [-0.2, -0.15) is 26.3 Å². The number of ether oxygens (including phenoxy) is 1. The molecule has 0 saturated heterocycles. The van der Waals surface area contributed by atoms with Gasteiger partial charge in [0, 0.05) is 12.5 Å². The number of sulfone groups is 2. The van der Waals surface area contributed by atoms with Gasteiger partial charge in [0.05, 0.1) is 33.1 Å². The fraction of sp³-hybridized carbons (Fsp3) is 0.282. The van der Waals surface area contributed by atoms with Crippen molar-refractivity contribution in [2.45, 2.75) is 60.7 Å². The largest absolute Gasteiger partial charge is 0.495 e. The van der Waals surface area contributed by atoms with Gasteiger partial charge in [0.2, 0.25) is 0 Å². The van der Waals surface area contributed by atoms with Crippen molar-refractivity contribution in [3.63, 3.8) is 0 Å². The summed E-state index contributed by atoms with van der Waals surface area (Å²) in [5, 5.41) is 0.598. The van der Waals surface area contributed by atoms with E-state index >= 15 is 0 Å². The predicted octanol–water partition coefficient (Wildman–Crippen LogP) is 11.1. The highest BCUT2D eigenvalue weighted by Gasteiger charge is 2.43. The minimum Gasteiger partial charge on any atom is -0.495 e. The van der Waals surface area contributed by atoms with Crippen molar-refractivity contribution >= 4 is 53.6 Å². The van der Waals surface area contributed by atoms with Crippen LogP contribution in [0.25, 0.3) is 22.3 Å². The number of benzene rings is 4. The molecule has 2 aliphatic carbocycles. The lowest BCUT2D eigenvalue weighted by Crippen LogP contribution is -2.16. The van der Waals surface area contributed by atoms with Crippen molar-refractivity contribution < 1.29 is 47.9 Å². The summed E-state index contributed by atoms with van der Waals surface area (Å²) in [5.74, 6) is 0.665. The fourth-order valence-corrected chi connectivity index (χ4v) is 8.15. The number of rotatable bonds is 7. The molecular weight excluding hydrogens is 762 g/mol. The first-order chi connectivity index (χ1) is 24.7. The molecule has 282 valence electrons. The molecule has 6 rings (SSSR count). The average molecular weight is 797 g/mol. The standard InChI is InChI=1S/C20H16F6O2S.C19H19ClO3S/c1-29(27,28)14-8-5-12(6-9-14)15-3-2-4-16(15)13-7-10-17(19(21,22)23)18(11-13)20(24,25)26;1-23-19-11-8-14(12-18(19)20)17-5-3-4-16(17)13-6-9-15(10-7-13)24(2,21)22/h5-11H,2-4H2,1H3;6-12H,3-5H2,1-2H3. The van der Waals surface area contributed by atoms with Crippen LogP contribution in [-0.4, -0.2) is 36.5 Å². The Morgan fingerprint density at radius 1 is 0.528 bits per heavy atom. The quantitative estimate of drug-likeness (QED) is 0.174. The summed E-state index contributed by atoms with van der Waals surface area (Å²) in [6.45, 7) is 0. The highest BCUT2D eigenvalue weighted by atomic mass is 35.5. The van der Waals surface area contributed by atoms with Crippen LogP contribution in [0.5, 0.6) is 5.75 Å². The zero-order chi connectivity index (χ0) is 38.9. The molecule has 0 aromatic heterocycles. The molecule has 0 fully saturated rings. The Bertz CT molecular complexity index is 2290. The van der Waals surface area contributed by atoms with Crippen molar-refractivity contribution in [1.29, 1.82) is 0 Å². The summed E-state index contributed by atoms with van der Waals surface area (Å²) in [5.41, 5.74) is 3.24. The van der Waals surface area contributed by atoms with E-state index in [9.17, 15) is 43.2 Å². The van der Waals surface area contributed by atoms with Gasteiger partial charge in [0.1, 0.15) is 5.75 Å². The van der Waals surface area contributed by atoms with Crippen LogP contribution in [0.2, 0.25) is 5.02 Å². The number of hydrogen-bond acceptors (Lipinski definition) is 5. The molecule has 0 saturated carbocycles. The number of allylic oxidation sites excluding steroid dienone is 4. The Morgan fingerprint density at radius 2 is 0.887 bits per heavy atom. The molecule has 0 spiro atoms. The maximum atomic E-state index is 13.2. The van der Waals surface area contributed by atoms with Gasteiger partial charge in [-0.1, -0.05) is 48.0 Å². The number of alkyl halides is 6. The monoisotopic (exact) mass is 796 g/mol. The van der Waals surface area contributed by atoms with Crippen LogP contribution in [0.15, 0.2) is 94.7 Å². The van der Waals surface area contributed by atoms with Crippen LogP contribution in [0.1, 0.15) is 71.9 Å². The highest BCUT2D eigenvalue weighted by molar-refractivity contribution is 7.91. The van der Waals surface area contributed by atoms with Gasteiger partial charge in [0.25, 0.3) is 0 Å². The van der Waals surface area contributed by atoms with Gasteiger partial charge in [-0.25, -0.2) is 16.8 Å². The maximum Gasteiger partial charge on any atom is 0.417 e. The minimum absolute atomic E-state index is 0.0880. The summed E-state index contributed by atoms with van der Waals surface area (Å²) in [4.78, 5) is 0.453. The van der Waals surface area contributed by atoms with Gasteiger partial charge >= 0.3 is 12.4 Å². The molecule has 4 aromatic carbocycles. The van der Waals surface area contributed by atoms with E-state index in [1.165, 1.54) is 29.5 Å². The van der Waals surface area contributed by atoms with E-state index in [0.29, 0.717) is 63.8 Å². The molecule has 0 bridgehead atoms. The van der Waals surface area contributed by atoms with Crippen molar-refractivity contribution in [1.82, 2.24) is 0 Å². The summed E-state index contributed by atoms with van der Waals surface area (Å²) in [6.07, 6.45) is -3.31. The Kier molecular flexibility index (Phi) is 11.6. The van der Waals surface area contributed by atoms with E-state index in [4.69, 9.17) is 16.3 Å². The van der Waals surface area contributed by atoms with Gasteiger partial charge < -0.3 is 4.74 Å². The number of halogens is 7. The molecule has 0 atom stereocenters. The van der Waals surface area contributed by atoms with Crippen LogP contribution >= 0.6 is 11.6 Å². The summed E-state index contributed by atoms with van der Waals surface area (Å²) in [6, 6.07) is 21.0. The van der Waals surface area contributed by atoms with Crippen molar-refractivity contribution in [2.24, 2.45) is 0 Å². The molecule has 0 unspecified atom stereocenters. The first-order valence-electron chi connectivity index (χ1n) is 16.4. The second kappa shape index (κ2) is 15.3. The van der Waals surface area contributed by atoms with Gasteiger partial charge in [0.15, 0.2) is 19.7 Å². The molecule has 53 heavy (non-hydrogen) atoms. The lowest BCUT2D eigenvalue weighted by molar-refractivity contribution is -0.162.